The number of aliphatic carboxylic acids is 1. The number of ether oxygens (including phenoxy) is 1. The number of nitrogens with zero attached hydrogens (tertiary/aromatic N) is 1. The van der Waals surface area contributed by atoms with Crippen LogP contribution in [0.15, 0.2) is 5.38 Å². The van der Waals surface area contributed by atoms with Crippen LogP contribution in [0.5, 0.6) is 0 Å². The van der Waals surface area contributed by atoms with Crippen LogP contribution in [0.3, 0.4) is 0 Å². The number of rotatable bonds is 4. The summed E-state index contributed by atoms with van der Waals surface area (Å²) in [5, 5.41) is 10.8. The lowest BCUT2D eigenvalue weighted by molar-refractivity contribution is -0.137. The number of thiophene rings is 1. The maximum Gasteiger partial charge on any atom is 0.305 e. The minimum atomic E-state index is -0.886. The Morgan fingerprint density at radius 1 is 1.50 bits per heavy atom. The molecule has 110 valence electrons. The zero-order chi connectivity index (χ0) is 14.9. The second kappa shape index (κ2) is 5.93. The molecule has 1 aromatic rings. The Morgan fingerprint density at radius 3 is 2.70 bits per heavy atom. The van der Waals surface area contributed by atoms with E-state index in [2.05, 4.69) is 0 Å². The number of carbonyl (C=O) groups is 2. The molecule has 2 rings (SSSR count). The molecule has 1 amide bonds. The van der Waals surface area contributed by atoms with E-state index in [1.165, 1.54) is 0 Å². The zero-order valence-corrected chi connectivity index (χ0v) is 12.7. The molecule has 0 saturated carbocycles. The first-order chi connectivity index (χ1) is 9.43. The van der Waals surface area contributed by atoms with Gasteiger partial charge in [0.05, 0.1) is 18.1 Å². The van der Waals surface area contributed by atoms with Gasteiger partial charge in [-0.05, 0) is 25.8 Å². The maximum absolute atomic E-state index is 12.6. The average Bonchev–Trinajstić information content (AvgIpc) is 2.93. The molecule has 0 unspecified atom stereocenters. The van der Waals surface area contributed by atoms with Crippen LogP contribution < -0.4 is 0 Å². The van der Waals surface area contributed by atoms with Gasteiger partial charge in [-0.15, -0.1) is 11.3 Å². The van der Waals surface area contributed by atoms with Crippen LogP contribution in [0.25, 0.3) is 0 Å². The molecular weight excluding hydrogens is 278 g/mol. The Hall–Kier alpha value is -1.40. The lowest BCUT2D eigenvalue weighted by atomic mass is 10.1. The van der Waals surface area contributed by atoms with E-state index in [1.807, 2.05) is 19.2 Å². The van der Waals surface area contributed by atoms with Gasteiger partial charge in [-0.25, -0.2) is 0 Å². The molecule has 0 radical (unpaired) electrons. The van der Waals surface area contributed by atoms with Crippen molar-refractivity contribution in [2.75, 3.05) is 13.7 Å². The third-order valence-corrected chi connectivity index (χ3v) is 4.91. The number of aryl methyl sites for hydroxylation is 1. The predicted molar refractivity (Wildman–Crippen MR) is 76.3 cm³/mol. The number of amides is 1. The lowest BCUT2D eigenvalue weighted by Crippen LogP contribution is -2.37. The molecule has 0 aromatic carbocycles. The first kappa shape index (κ1) is 15.0. The van der Waals surface area contributed by atoms with E-state index < -0.39 is 5.97 Å². The van der Waals surface area contributed by atoms with E-state index in [1.54, 1.807) is 23.3 Å². The van der Waals surface area contributed by atoms with E-state index in [-0.39, 0.29) is 24.5 Å². The molecular formula is C14H19NO4S. The number of carbonyl (C=O) groups excluding carboxylic acids is 1. The van der Waals surface area contributed by atoms with Crippen molar-refractivity contribution in [2.24, 2.45) is 0 Å². The third kappa shape index (κ3) is 2.86. The summed E-state index contributed by atoms with van der Waals surface area (Å²) in [5.41, 5.74) is 1.66. The summed E-state index contributed by atoms with van der Waals surface area (Å²) in [6.07, 6.45) is 0.466. The van der Waals surface area contributed by atoms with Crippen LogP contribution in [-0.4, -0.2) is 47.7 Å². The van der Waals surface area contributed by atoms with Crippen molar-refractivity contribution in [3.8, 4) is 0 Å². The lowest BCUT2D eigenvalue weighted by Gasteiger charge is -2.23. The highest BCUT2D eigenvalue weighted by Gasteiger charge is 2.37. The van der Waals surface area contributed by atoms with Gasteiger partial charge >= 0.3 is 5.97 Å². The van der Waals surface area contributed by atoms with E-state index >= 15 is 0 Å². The Bertz CT molecular complexity index is 525. The monoisotopic (exact) mass is 297 g/mol. The largest absolute Gasteiger partial charge is 0.481 e. The van der Waals surface area contributed by atoms with Gasteiger partial charge in [-0.1, -0.05) is 0 Å². The fourth-order valence-corrected chi connectivity index (χ4v) is 3.43. The second-order valence-corrected chi connectivity index (χ2v) is 6.22. The highest BCUT2D eigenvalue weighted by molar-refractivity contribution is 7.10. The van der Waals surface area contributed by atoms with E-state index in [0.717, 1.165) is 10.4 Å². The Balaban J connectivity index is 2.22. The predicted octanol–water partition coefficient (Wildman–Crippen LogP) is 2.07. The number of hydrogen-bond acceptors (Lipinski definition) is 4. The zero-order valence-electron chi connectivity index (χ0n) is 11.9. The molecule has 1 aromatic heterocycles. The van der Waals surface area contributed by atoms with Crippen molar-refractivity contribution in [2.45, 2.75) is 38.8 Å². The second-order valence-electron chi connectivity index (χ2n) is 5.13. The Labute approximate surface area is 122 Å². The van der Waals surface area contributed by atoms with Gasteiger partial charge in [0, 0.05) is 30.0 Å². The van der Waals surface area contributed by atoms with E-state index in [9.17, 15) is 9.59 Å². The topological polar surface area (TPSA) is 66.8 Å². The van der Waals surface area contributed by atoms with Crippen LogP contribution in [0, 0.1) is 13.8 Å². The van der Waals surface area contributed by atoms with Crippen molar-refractivity contribution in [3.63, 3.8) is 0 Å². The molecule has 1 fully saturated rings. The number of carboxylic acid groups (broad SMARTS) is 1. The molecule has 5 nitrogen and oxygen atoms in total. The van der Waals surface area contributed by atoms with Crippen LogP contribution >= 0.6 is 11.3 Å². The van der Waals surface area contributed by atoms with Crippen LogP contribution in [0.2, 0.25) is 0 Å². The maximum atomic E-state index is 12.6. The van der Waals surface area contributed by atoms with Crippen molar-refractivity contribution >= 4 is 23.2 Å². The summed E-state index contributed by atoms with van der Waals surface area (Å²) in [6.45, 7) is 4.37. The fourth-order valence-electron chi connectivity index (χ4n) is 2.57. The molecule has 0 spiro atoms. The summed E-state index contributed by atoms with van der Waals surface area (Å²) in [4.78, 5) is 26.3. The molecule has 20 heavy (non-hydrogen) atoms. The standard InChI is InChI=1S/C14H19NO4S/c1-8-9(2)20-7-12(8)14(18)15-6-11(19-3)4-10(15)5-13(16)17/h7,10-11H,4-6H2,1-3H3,(H,16,17)/t10-,11-/m0/s1. The van der Waals surface area contributed by atoms with Crippen LogP contribution in [0.4, 0.5) is 0 Å². The molecule has 2 atom stereocenters. The van der Waals surface area contributed by atoms with Gasteiger partial charge in [-0.2, -0.15) is 0 Å². The van der Waals surface area contributed by atoms with Crippen molar-refractivity contribution in [1.29, 1.82) is 0 Å². The third-order valence-electron chi connectivity index (χ3n) is 3.90. The first-order valence-corrected chi connectivity index (χ1v) is 7.42. The molecule has 0 bridgehead atoms. The Morgan fingerprint density at radius 2 is 2.20 bits per heavy atom. The quantitative estimate of drug-likeness (QED) is 0.924. The highest BCUT2D eigenvalue weighted by Crippen LogP contribution is 2.28. The summed E-state index contributed by atoms with van der Waals surface area (Å²) in [5.74, 6) is -0.972. The van der Waals surface area contributed by atoms with Gasteiger partial charge in [0.15, 0.2) is 0 Å². The fraction of sp³-hybridized carbons (Fsp3) is 0.571. The summed E-state index contributed by atoms with van der Waals surface area (Å²) in [7, 11) is 1.59. The minimum absolute atomic E-state index is 0.0340. The normalized spacial score (nSPS) is 22.2. The molecule has 1 aliphatic rings. The SMILES string of the molecule is CO[C@H]1C[C@@H](CC(=O)O)N(C(=O)c2csc(C)c2C)C1. The average molecular weight is 297 g/mol. The molecule has 6 heteroatoms. The van der Waals surface area contributed by atoms with Crippen molar-refractivity contribution in [3.05, 3.63) is 21.4 Å². The molecule has 1 aliphatic heterocycles. The molecule has 1 N–H and O–H groups in total. The summed E-state index contributed by atoms with van der Waals surface area (Å²) < 4.78 is 5.29. The number of hydrogen-bond donors (Lipinski definition) is 1. The number of carboxylic acids is 1. The Kier molecular flexibility index (Phi) is 4.45. The summed E-state index contributed by atoms with van der Waals surface area (Å²) in [6, 6.07) is -0.287. The smallest absolute Gasteiger partial charge is 0.305 e. The van der Waals surface area contributed by atoms with Crippen LogP contribution in [0.1, 0.15) is 33.6 Å². The molecule has 2 heterocycles. The van der Waals surface area contributed by atoms with Gasteiger partial charge in [0.1, 0.15) is 0 Å². The van der Waals surface area contributed by atoms with Crippen molar-refractivity contribution in [1.82, 2.24) is 4.90 Å². The molecule has 1 saturated heterocycles. The van der Waals surface area contributed by atoms with Gasteiger partial charge < -0.3 is 14.7 Å². The van der Waals surface area contributed by atoms with Crippen LogP contribution in [-0.2, 0) is 9.53 Å². The van der Waals surface area contributed by atoms with E-state index in [0.29, 0.717) is 18.5 Å². The first-order valence-electron chi connectivity index (χ1n) is 6.54. The van der Waals surface area contributed by atoms with Gasteiger partial charge in [0.25, 0.3) is 5.91 Å². The highest BCUT2D eigenvalue weighted by atomic mass is 32.1. The summed E-state index contributed by atoms with van der Waals surface area (Å²) >= 11 is 1.54. The van der Waals surface area contributed by atoms with E-state index in [4.69, 9.17) is 9.84 Å². The van der Waals surface area contributed by atoms with Crippen molar-refractivity contribution < 1.29 is 19.4 Å². The number of methoxy groups -OCH3 is 1. The minimum Gasteiger partial charge on any atom is -0.481 e. The van der Waals surface area contributed by atoms with Gasteiger partial charge in [-0.3, -0.25) is 9.59 Å². The number of likely N-dealkylation sites (tertiary alicyclic amines) is 1. The molecule has 0 aliphatic carbocycles. The van der Waals surface area contributed by atoms with Gasteiger partial charge in [0.2, 0.25) is 0 Å².